The van der Waals surface area contributed by atoms with Gasteiger partial charge in [0.15, 0.2) is 0 Å². The van der Waals surface area contributed by atoms with E-state index >= 15 is 0 Å². The summed E-state index contributed by atoms with van der Waals surface area (Å²) in [6.45, 7) is 1.83. The Morgan fingerprint density at radius 3 is 2.48 bits per heavy atom. The zero-order valence-corrected chi connectivity index (χ0v) is 16.6. The van der Waals surface area contributed by atoms with Crippen molar-refractivity contribution in [3.8, 4) is 5.69 Å². The van der Waals surface area contributed by atoms with Gasteiger partial charge in [-0.2, -0.15) is 18.3 Å². The van der Waals surface area contributed by atoms with Crippen molar-refractivity contribution in [2.24, 2.45) is 0 Å². The maximum absolute atomic E-state index is 13.2. The summed E-state index contributed by atoms with van der Waals surface area (Å²) in [7, 11) is 0. The van der Waals surface area contributed by atoms with E-state index in [0.29, 0.717) is 31.8 Å². The molecule has 0 spiro atoms. The maximum Gasteiger partial charge on any atom is 0.416 e. The predicted molar refractivity (Wildman–Crippen MR) is 105 cm³/mol. The first-order valence-corrected chi connectivity index (χ1v) is 10.0. The molecule has 2 aromatic rings. The van der Waals surface area contributed by atoms with Crippen molar-refractivity contribution >= 4 is 17.6 Å². The van der Waals surface area contributed by atoms with Gasteiger partial charge in [0.05, 0.1) is 16.9 Å². The van der Waals surface area contributed by atoms with E-state index in [9.17, 15) is 22.8 Å². The number of carbonyl (C=O) groups excluding carboxylic acids is 2. The van der Waals surface area contributed by atoms with Crippen LogP contribution >= 0.6 is 0 Å². The number of halogens is 3. The minimum absolute atomic E-state index is 0.00128. The standard InChI is InChI=1S/C20H22F3N5O3/c21-20(22,23)14-4-5-16(28-7-2-6-24-28)15(13-14)25-19(30)27-10-8-26(9-11-27)18(29)17-3-1-12-31-17/h2,4-7,13,17H,1,3,8-12H2,(H,25,30)/t17-/m0/s1. The smallest absolute Gasteiger partial charge is 0.368 e. The molecule has 1 aromatic heterocycles. The van der Waals surface area contributed by atoms with E-state index in [1.807, 2.05) is 0 Å². The number of nitrogens with zero attached hydrogens (tertiary/aromatic N) is 4. The summed E-state index contributed by atoms with van der Waals surface area (Å²) in [5, 5.41) is 6.62. The fourth-order valence-corrected chi connectivity index (χ4v) is 3.72. The molecule has 0 radical (unpaired) electrons. The minimum atomic E-state index is -4.55. The van der Waals surface area contributed by atoms with Gasteiger partial charge in [-0.05, 0) is 37.1 Å². The molecule has 0 saturated carbocycles. The number of carbonyl (C=O) groups is 2. The Labute approximate surface area is 176 Å². The second-order valence-electron chi connectivity index (χ2n) is 7.42. The first-order valence-electron chi connectivity index (χ1n) is 10.0. The van der Waals surface area contributed by atoms with Gasteiger partial charge >= 0.3 is 12.2 Å². The lowest BCUT2D eigenvalue weighted by Gasteiger charge is -2.35. The molecule has 8 nitrogen and oxygen atoms in total. The van der Waals surface area contributed by atoms with Crippen LogP contribution in [0.25, 0.3) is 5.69 Å². The summed E-state index contributed by atoms with van der Waals surface area (Å²) in [6, 6.07) is 4.21. The van der Waals surface area contributed by atoms with Gasteiger partial charge in [-0.3, -0.25) is 4.79 Å². The first kappa shape index (κ1) is 21.2. The van der Waals surface area contributed by atoms with Crippen LogP contribution in [0.2, 0.25) is 0 Å². The molecule has 166 valence electrons. The SMILES string of the molecule is O=C(Nc1cc(C(F)(F)F)ccc1-n1cccn1)N1CCN(C(=O)[C@@H]2CCCO2)CC1. The number of alkyl halides is 3. The highest BCUT2D eigenvalue weighted by Gasteiger charge is 2.33. The fraction of sp³-hybridized carbons (Fsp3) is 0.450. The molecular formula is C20H22F3N5O3. The molecule has 31 heavy (non-hydrogen) atoms. The van der Waals surface area contributed by atoms with E-state index in [1.54, 1.807) is 17.2 Å². The molecule has 2 aliphatic rings. The van der Waals surface area contributed by atoms with E-state index in [1.165, 1.54) is 21.8 Å². The number of piperazine rings is 1. The van der Waals surface area contributed by atoms with Crippen LogP contribution in [0, 0.1) is 0 Å². The molecule has 3 amide bonds. The summed E-state index contributed by atoms with van der Waals surface area (Å²) in [5.74, 6) is -0.0728. The molecule has 0 unspecified atom stereocenters. The summed E-state index contributed by atoms with van der Waals surface area (Å²) < 4.78 is 46.4. The number of amides is 3. The van der Waals surface area contributed by atoms with Crippen molar-refractivity contribution in [2.45, 2.75) is 25.1 Å². The van der Waals surface area contributed by atoms with Crippen LogP contribution in [-0.2, 0) is 15.7 Å². The third-order valence-corrected chi connectivity index (χ3v) is 5.40. The first-order chi connectivity index (χ1) is 14.8. The zero-order chi connectivity index (χ0) is 22.0. The predicted octanol–water partition coefficient (Wildman–Crippen LogP) is 2.75. The van der Waals surface area contributed by atoms with Gasteiger partial charge in [0, 0.05) is 45.2 Å². The molecular weight excluding hydrogens is 415 g/mol. The number of anilines is 1. The van der Waals surface area contributed by atoms with Crippen molar-refractivity contribution in [3.63, 3.8) is 0 Å². The van der Waals surface area contributed by atoms with Crippen molar-refractivity contribution in [3.05, 3.63) is 42.2 Å². The molecule has 11 heteroatoms. The summed E-state index contributed by atoms with van der Waals surface area (Å²) in [6.07, 6.45) is -0.334. The Hall–Kier alpha value is -3.08. The second kappa shape index (κ2) is 8.58. The average Bonchev–Trinajstić information content (AvgIpc) is 3.47. The van der Waals surface area contributed by atoms with E-state index in [-0.39, 0.29) is 24.7 Å². The Balaban J connectivity index is 1.45. The summed E-state index contributed by atoms with van der Waals surface area (Å²) in [5.41, 5.74) is -0.550. The number of rotatable bonds is 3. The monoisotopic (exact) mass is 437 g/mol. The molecule has 1 N–H and O–H groups in total. The lowest BCUT2D eigenvalue weighted by atomic mass is 10.1. The third kappa shape index (κ3) is 4.66. The van der Waals surface area contributed by atoms with Crippen LogP contribution in [0.3, 0.4) is 0 Å². The molecule has 0 aliphatic carbocycles. The molecule has 2 fully saturated rings. The second-order valence-corrected chi connectivity index (χ2v) is 7.42. The normalized spacial score (nSPS) is 19.5. The van der Waals surface area contributed by atoms with Crippen LogP contribution in [0.15, 0.2) is 36.7 Å². The number of urea groups is 1. The van der Waals surface area contributed by atoms with E-state index in [4.69, 9.17) is 4.74 Å². The number of hydrogen-bond acceptors (Lipinski definition) is 4. The van der Waals surface area contributed by atoms with Crippen molar-refractivity contribution in [1.82, 2.24) is 19.6 Å². The number of aromatic nitrogens is 2. The molecule has 1 aromatic carbocycles. The Kier molecular flexibility index (Phi) is 5.86. The maximum atomic E-state index is 13.2. The number of hydrogen-bond donors (Lipinski definition) is 1. The van der Waals surface area contributed by atoms with Crippen molar-refractivity contribution in [2.75, 3.05) is 38.1 Å². The molecule has 2 saturated heterocycles. The van der Waals surface area contributed by atoms with Crippen molar-refractivity contribution in [1.29, 1.82) is 0 Å². The summed E-state index contributed by atoms with van der Waals surface area (Å²) >= 11 is 0. The minimum Gasteiger partial charge on any atom is -0.368 e. The molecule has 4 rings (SSSR count). The Morgan fingerprint density at radius 2 is 1.87 bits per heavy atom. The molecule has 0 bridgehead atoms. The quantitative estimate of drug-likeness (QED) is 0.801. The van der Waals surface area contributed by atoms with Crippen molar-refractivity contribution < 1.29 is 27.5 Å². The third-order valence-electron chi connectivity index (χ3n) is 5.40. The average molecular weight is 437 g/mol. The fourth-order valence-electron chi connectivity index (χ4n) is 3.72. The van der Waals surface area contributed by atoms with Gasteiger partial charge in [0.1, 0.15) is 6.10 Å². The van der Waals surface area contributed by atoms with Gasteiger partial charge in [-0.15, -0.1) is 0 Å². The summed E-state index contributed by atoms with van der Waals surface area (Å²) in [4.78, 5) is 28.3. The van der Waals surface area contributed by atoms with Gasteiger partial charge in [-0.25, -0.2) is 9.48 Å². The molecule has 3 heterocycles. The van der Waals surface area contributed by atoms with E-state index < -0.39 is 23.9 Å². The zero-order valence-electron chi connectivity index (χ0n) is 16.6. The van der Waals surface area contributed by atoms with Gasteiger partial charge in [-0.1, -0.05) is 0 Å². The Morgan fingerprint density at radius 1 is 1.13 bits per heavy atom. The van der Waals surface area contributed by atoms with Crippen LogP contribution in [0.5, 0.6) is 0 Å². The highest BCUT2D eigenvalue weighted by Crippen LogP contribution is 2.33. The Bertz CT molecular complexity index is 934. The lowest BCUT2D eigenvalue weighted by molar-refractivity contribution is -0.142. The van der Waals surface area contributed by atoms with Crippen LogP contribution in [0.4, 0.5) is 23.7 Å². The lowest BCUT2D eigenvalue weighted by Crippen LogP contribution is -2.53. The van der Waals surface area contributed by atoms with Crippen LogP contribution in [0.1, 0.15) is 18.4 Å². The molecule has 2 aliphatic heterocycles. The number of nitrogens with one attached hydrogen (secondary N) is 1. The van der Waals surface area contributed by atoms with Crippen LogP contribution in [-0.4, -0.2) is 70.4 Å². The van der Waals surface area contributed by atoms with Crippen LogP contribution < -0.4 is 5.32 Å². The number of benzene rings is 1. The van der Waals surface area contributed by atoms with E-state index in [0.717, 1.165) is 18.6 Å². The van der Waals surface area contributed by atoms with Gasteiger partial charge in [0.2, 0.25) is 0 Å². The van der Waals surface area contributed by atoms with Gasteiger partial charge in [0.25, 0.3) is 5.91 Å². The topological polar surface area (TPSA) is 79.7 Å². The highest BCUT2D eigenvalue weighted by atomic mass is 19.4. The van der Waals surface area contributed by atoms with E-state index in [2.05, 4.69) is 10.4 Å². The molecule has 1 atom stereocenters. The van der Waals surface area contributed by atoms with Gasteiger partial charge < -0.3 is 19.9 Å². The number of ether oxygens (including phenoxy) is 1. The highest BCUT2D eigenvalue weighted by molar-refractivity contribution is 5.92. The largest absolute Gasteiger partial charge is 0.416 e.